The number of allylic oxidation sites excluding steroid dienone is 3. The van der Waals surface area contributed by atoms with Crippen LogP contribution in [0, 0.1) is 5.41 Å². The smallest absolute Gasteiger partial charge is 0.0316 e. The third-order valence-corrected chi connectivity index (χ3v) is 1.73. The molecule has 0 aromatic rings. The largest absolute Gasteiger partial charge is 0.100 e. The summed E-state index contributed by atoms with van der Waals surface area (Å²) >= 11 is 0. The maximum atomic E-state index is 3.56. The lowest BCUT2D eigenvalue weighted by molar-refractivity contribution is 0.398. The van der Waals surface area contributed by atoms with Gasteiger partial charge in [-0.3, -0.25) is 0 Å². The molecule has 0 aromatic carbocycles. The van der Waals surface area contributed by atoms with Gasteiger partial charge in [-0.15, -0.1) is 6.58 Å². The molecule has 0 atom stereocenters. The molecule has 0 aromatic heterocycles. The quantitative estimate of drug-likeness (QED) is 0.396. The van der Waals surface area contributed by atoms with Crippen molar-refractivity contribution in [3.63, 3.8) is 0 Å². The lowest BCUT2D eigenvalue weighted by atomic mass is 9.94. The molecule has 0 radical (unpaired) electrons. The predicted molar refractivity (Wildman–Crippen MR) is 91.3 cm³/mol. The Morgan fingerprint density at radius 3 is 1.06 bits per heavy atom. The van der Waals surface area contributed by atoms with Gasteiger partial charge in [0.2, 0.25) is 0 Å². The van der Waals surface area contributed by atoms with Gasteiger partial charge in [0.25, 0.3) is 0 Å². The molecule has 1 aliphatic carbocycles. The SMILES string of the molecule is C1=CCC1.C=C(C)C.CC.CC.CCC(C)(C)C. The fourth-order valence-electron chi connectivity index (χ4n) is 0.167. The molecule has 112 valence electrons. The normalized spacial score (nSPS) is 10.6. The van der Waals surface area contributed by atoms with Gasteiger partial charge in [0.15, 0.2) is 0 Å². The average molecular weight is 257 g/mol. The van der Waals surface area contributed by atoms with Crippen molar-refractivity contribution < 1.29 is 0 Å². The highest BCUT2D eigenvalue weighted by Crippen LogP contribution is 2.16. The molecule has 0 N–H and O–H groups in total. The van der Waals surface area contributed by atoms with E-state index in [0.717, 1.165) is 0 Å². The molecule has 0 nitrogen and oxygen atoms in total. The van der Waals surface area contributed by atoms with Crippen LogP contribution in [0.25, 0.3) is 0 Å². The van der Waals surface area contributed by atoms with Gasteiger partial charge in [0.1, 0.15) is 0 Å². The summed E-state index contributed by atoms with van der Waals surface area (Å²) in [5.74, 6) is 0. The van der Waals surface area contributed by atoms with Crippen molar-refractivity contribution in [2.24, 2.45) is 5.41 Å². The molecule has 0 aliphatic heterocycles. The van der Waals surface area contributed by atoms with E-state index in [1.54, 1.807) is 0 Å². The first-order valence-corrected chi connectivity index (χ1v) is 7.56. The van der Waals surface area contributed by atoms with Gasteiger partial charge in [0.05, 0.1) is 0 Å². The Labute approximate surface area is 119 Å². The minimum absolute atomic E-state index is 0.542. The minimum atomic E-state index is 0.542. The summed E-state index contributed by atoms with van der Waals surface area (Å²) in [7, 11) is 0. The minimum Gasteiger partial charge on any atom is -0.100 e. The second-order valence-corrected chi connectivity index (χ2v) is 5.17. The molecule has 0 saturated carbocycles. The van der Waals surface area contributed by atoms with Crippen LogP contribution in [-0.2, 0) is 0 Å². The summed E-state index contributed by atoms with van der Waals surface area (Å²) in [6, 6.07) is 0. The standard InChI is InChI=1S/C6H14.C4H6.C4H8.2C2H6/c1-5-6(2,3)4;1-2-4-3-1;1-4(2)3;2*1-2/h5H2,1-4H3;1-2H,3-4H2;1H2,2-3H3;2*1-2H3. The van der Waals surface area contributed by atoms with Crippen LogP contribution in [-0.4, -0.2) is 0 Å². The van der Waals surface area contributed by atoms with Crippen molar-refractivity contribution in [3.8, 4) is 0 Å². The highest BCUT2D eigenvalue weighted by molar-refractivity contribution is 4.92. The third kappa shape index (κ3) is 77.3. The first-order valence-electron chi connectivity index (χ1n) is 7.56. The van der Waals surface area contributed by atoms with Crippen LogP contribution in [0.1, 0.15) is 88.5 Å². The maximum absolute atomic E-state index is 3.56. The fraction of sp³-hybridized carbons (Fsp3) is 0.778. The van der Waals surface area contributed by atoms with E-state index >= 15 is 0 Å². The highest BCUT2D eigenvalue weighted by Gasteiger charge is 2.03. The van der Waals surface area contributed by atoms with Gasteiger partial charge in [-0.2, -0.15) is 0 Å². The fourth-order valence-corrected chi connectivity index (χ4v) is 0.167. The van der Waals surface area contributed by atoms with E-state index in [9.17, 15) is 0 Å². The summed E-state index contributed by atoms with van der Waals surface area (Å²) in [5, 5.41) is 0. The van der Waals surface area contributed by atoms with Gasteiger partial charge >= 0.3 is 0 Å². The van der Waals surface area contributed by atoms with Crippen LogP contribution in [0.15, 0.2) is 24.3 Å². The van der Waals surface area contributed by atoms with E-state index < -0.39 is 0 Å². The first-order chi connectivity index (χ1) is 8.29. The van der Waals surface area contributed by atoms with Crippen molar-refractivity contribution >= 4 is 0 Å². The van der Waals surface area contributed by atoms with Gasteiger partial charge in [-0.25, -0.2) is 0 Å². The van der Waals surface area contributed by atoms with E-state index in [-0.39, 0.29) is 0 Å². The lowest BCUT2D eigenvalue weighted by Gasteiger charge is -2.12. The topological polar surface area (TPSA) is 0 Å². The second-order valence-electron chi connectivity index (χ2n) is 5.17. The molecule has 1 aliphatic rings. The third-order valence-electron chi connectivity index (χ3n) is 1.73. The van der Waals surface area contributed by atoms with E-state index in [0.29, 0.717) is 5.41 Å². The Balaban J connectivity index is -0.0000000729. The van der Waals surface area contributed by atoms with Crippen molar-refractivity contribution in [2.45, 2.75) is 88.5 Å². The van der Waals surface area contributed by atoms with Crippen molar-refractivity contribution in [1.82, 2.24) is 0 Å². The van der Waals surface area contributed by atoms with Crippen molar-refractivity contribution in [2.75, 3.05) is 0 Å². The van der Waals surface area contributed by atoms with Gasteiger partial charge < -0.3 is 0 Å². The Morgan fingerprint density at radius 2 is 1.06 bits per heavy atom. The summed E-state index contributed by atoms with van der Waals surface area (Å²) < 4.78 is 0. The van der Waals surface area contributed by atoms with E-state index in [2.05, 4.69) is 46.4 Å². The van der Waals surface area contributed by atoms with Gasteiger partial charge in [0, 0.05) is 0 Å². The van der Waals surface area contributed by atoms with E-state index in [1.807, 2.05) is 41.5 Å². The predicted octanol–water partition coefficient (Wildman–Crippen LogP) is 7.41. The molecule has 18 heavy (non-hydrogen) atoms. The Morgan fingerprint density at radius 1 is 0.944 bits per heavy atom. The summed E-state index contributed by atoms with van der Waals surface area (Å²) in [6.45, 7) is 24.4. The second kappa shape index (κ2) is 21.7. The molecule has 0 fully saturated rings. The highest BCUT2D eigenvalue weighted by atomic mass is 14.1. The van der Waals surface area contributed by atoms with E-state index in [4.69, 9.17) is 0 Å². The van der Waals surface area contributed by atoms with Gasteiger partial charge in [-0.05, 0) is 32.1 Å². The molecule has 0 bridgehead atoms. The molecular formula is C18H40. The Kier molecular flexibility index (Phi) is 31.5. The Bertz CT molecular complexity index is 145. The zero-order valence-electron chi connectivity index (χ0n) is 15.0. The van der Waals surface area contributed by atoms with Gasteiger partial charge in [-0.1, -0.05) is 79.5 Å². The summed E-state index contributed by atoms with van der Waals surface area (Å²) in [5.41, 5.74) is 1.71. The molecule has 0 spiro atoms. The van der Waals surface area contributed by atoms with Crippen LogP contribution in [0.4, 0.5) is 0 Å². The average Bonchev–Trinajstić information content (AvgIpc) is 2.19. The van der Waals surface area contributed by atoms with Crippen LogP contribution < -0.4 is 0 Å². The van der Waals surface area contributed by atoms with Crippen molar-refractivity contribution in [1.29, 1.82) is 0 Å². The number of hydrogen-bond donors (Lipinski definition) is 0. The maximum Gasteiger partial charge on any atom is -0.0316 e. The molecule has 0 saturated heterocycles. The molecular weight excluding hydrogens is 216 g/mol. The van der Waals surface area contributed by atoms with Crippen LogP contribution in [0.2, 0.25) is 0 Å². The lowest BCUT2D eigenvalue weighted by Crippen LogP contribution is -2.00. The summed E-state index contributed by atoms with van der Waals surface area (Å²) in [6.07, 6.45) is 8.27. The van der Waals surface area contributed by atoms with Crippen molar-refractivity contribution in [3.05, 3.63) is 24.3 Å². The zero-order chi connectivity index (χ0) is 15.6. The summed E-state index contributed by atoms with van der Waals surface area (Å²) in [4.78, 5) is 0. The zero-order valence-corrected chi connectivity index (χ0v) is 15.0. The van der Waals surface area contributed by atoms with Crippen LogP contribution >= 0.6 is 0 Å². The molecule has 1 rings (SSSR count). The van der Waals surface area contributed by atoms with E-state index in [1.165, 1.54) is 24.8 Å². The monoisotopic (exact) mass is 256 g/mol. The number of hydrogen-bond acceptors (Lipinski definition) is 0. The molecule has 0 heteroatoms. The van der Waals surface area contributed by atoms with Crippen LogP contribution in [0.3, 0.4) is 0 Å². The molecule has 0 amide bonds. The van der Waals surface area contributed by atoms with Crippen LogP contribution in [0.5, 0.6) is 0 Å². The molecule has 0 unspecified atom stereocenters. The number of rotatable bonds is 0. The molecule has 0 heterocycles. The Hall–Kier alpha value is -0.520. The first kappa shape index (κ1) is 26.1.